The molecular formula is C8H12N4O4S2. The van der Waals surface area contributed by atoms with Gasteiger partial charge in [0, 0.05) is 12.5 Å². The lowest BCUT2D eigenvalue weighted by atomic mass is 10.4. The fourth-order valence-corrected chi connectivity index (χ4v) is 4.44. The number of aryl methyl sites for hydroxylation is 1. The zero-order valence-corrected chi connectivity index (χ0v) is 11.1. The molecule has 1 aromatic heterocycles. The molecule has 1 aromatic rings. The molecular weight excluding hydrogens is 280 g/mol. The molecule has 0 bridgehead atoms. The number of hydrogen-bond donors (Lipinski definition) is 2. The van der Waals surface area contributed by atoms with E-state index in [-0.39, 0.29) is 16.6 Å². The van der Waals surface area contributed by atoms with Gasteiger partial charge >= 0.3 is 0 Å². The SMILES string of the molecule is Cn1cnc(N)c1S(=O)(=O)NC1C=CS(=O)(=O)C1. The summed E-state index contributed by atoms with van der Waals surface area (Å²) in [6.45, 7) is 0. The Bertz CT molecular complexity index is 682. The average Bonchev–Trinajstić information content (AvgIpc) is 2.69. The molecule has 1 unspecified atom stereocenters. The number of hydrogen-bond acceptors (Lipinski definition) is 6. The Morgan fingerprint density at radius 2 is 2.22 bits per heavy atom. The number of nitrogen functional groups attached to an aromatic ring is 1. The summed E-state index contributed by atoms with van der Waals surface area (Å²) in [5, 5.41) is 0.812. The molecule has 0 fully saturated rings. The monoisotopic (exact) mass is 292 g/mol. The predicted molar refractivity (Wildman–Crippen MR) is 64.7 cm³/mol. The van der Waals surface area contributed by atoms with Gasteiger partial charge in [-0.2, -0.15) is 0 Å². The number of nitrogens with zero attached hydrogens (tertiary/aromatic N) is 2. The molecule has 0 amide bonds. The smallest absolute Gasteiger partial charge is 0.260 e. The summed E-state index contributed by atoms with van der Waals surface area (Å²) >= 11 is 0. The van der Waals surface area contributed by atoms with Gasteiger partial charge < -0.3 is 10.3 Å². The topological polar surface area (TPSA) is 124 Å². The summed E-state index contributed by atoms with van der Waals surface area (Å²) in [5.41, 5.74) is 5.47. The van der Waals surface area contributed by atoms with Crippen LogP contribution in [0.25, 0.3) is 0 Å². The van der Waals surface area contributed by atoms with Crippen molar-refractivity contribution in [3.05, 3.63) is 17.8 Å². The number of rotatable bonds is 3. The van der Waals surface area contributed by atoms with Gasteiger partial charge in [0.15, 0.2) is 20.7 Å². The van der Waals surface area contributed by atoms with Crippen LogP contribution in [0.1, 0.15) is 0 Å². The van der Waals surface area contributed by atoms with E-state index in [0.29, 0.717) is 0 Å². The Morgan fingerprint density at radius 1 is 1.56 bits per heavy atom. The first-order chi connectivity index (χ1) is 8.21. The van der Waals surface area contributed by atoms with Gasteiger partial charge in [0.25, 0.3) is 10.0 Å². The molecule has 2 heterocycles. The maximum Gasteiger partial charge on any atom is 0.260 e. The second kappa shape index (κ2) is 4.07. The second-order valence-electron chi connectivity index (χ2n) is 3.93. The van der Waals surface area contributed by atoms with Gasteiger partial charge in [-0.05, 0) is 0 Å². The van der Waals surface area contributed by atoms with E-state index in [2.05, 4.69) is 9.71 Å². The van der Waals surface area contributed by atoms with Crippen molar-refractivity contribution >= 4 is 25.7 Å². The first-order valence-corrected chi connectivity index (χ1v) is 8.11. The highest BCUT2D eigenvalue weighted by atomic mass is 32.2. The molecule has 2 rings (SSSR count). The van der Waals surface area contributed by atoms with Crippen LogP contribution in [0.15, 0.2) is 22.8 Å². The molecule has 18 heavy (non-hydrogen) atoms. The van der Waals surface area contributed by atoms with Gasteiger partial charge in [-0.3, -0.25) is 0 Å². The molecule has 0 saturated carbocycles. The van der Waals surface area contributed by atoms with E-state index in [1.165, 1.54) is 24.0 Å². The number of aromatic nitrogens is 2. The molecule has 0 radical (unpaired) electrons. The summed E-state index contributed by atoms with van der Waals surface area (Å²) in [4.78, 5) is 3.67. The van der Waals surface area contributed by atoms with Crippen LogP contribution >= 0.6 is 0 Å². The maximum atomic E-state index is 12.0. The highest BCUT2D eigenvalue weighted by Crippen LogP contribution is 2.17. The van der Waals surface area contributed by atoms with Gasteiger partial charge in [0.1, 0.15) is 0 Å². The Balaban J connectivity index is 2.27. The quantitative estimate of drug-likeness (QED) is 0.705. The zero-order chi connectivity index (χ0) is 13.6. The minimum Gasteiger partial charge on any atom is -0.381 e. The lowest BCUT2D eigenvalue weighted by Crippen LogP contribution is -2.36. The molecule has 1 aliphatic heterocycles. The van der Waals surface area contributed by atoms with Crippen molar-refractivity contribution in [2.75, 3.05) is 11.5 Å². The van der Waals surface area contributed by atoms with Gasteiger partial charge in [-0.25, -0.2) is 26.5 Å². The number of nitrogens with two attached hydrogens (primary N) is 1. The fourth-order valence-electron chi connectivity index (χ4n) is 1.67. The van der Waals surface area contributed by atoms with E-state index < -0.39 is 25.9 Å². The average molecular weight is 292 g/mol. The molecule has 8 nitrogen and oxygen atoms in total. The van der Waals surface area contributed by atoms with Gasteiger partial charge in [0.05, 0.1) is 18.1 Å². The van der Waals surface area contributed by atoms with Crippen molar-refractivity contribution in [3.8, 4) is 0 Å². The lowest BCUT2D eigenvalue weighted by molar-refractivity contribution is 0.566. The van der Waals surface area contributed by atoms with E-state index in [1.807, 2.05) is 0 Å². The highest BCUT2D eigenvalue weighted by Gasteiger charge is 2.29. The van der Waals surface area contributed by atoms with Crippen LogP contribution < -0.4 is 10.5 Å². The van der Waals surface area contributed by atoms with Crippen molar-refractivity contribution in [2.24, 2.45) is 7.05 Å². The number of imidazole rings is 1. The fraction of sp³-hybridized carbons (Fsp3) is 0.375. The van der Waals surface area contributed by atoms with E-state index in [4.69, 9.17) is 5.73 Å². The Labute approximate surface area is 104 Å². The predicted octanol–water partition coefficient (Wildman–Crippen LogP) is -1.41. The number of sulfonamides is 1. The first kappa shape index (κ1) is 13.1. The van der Waals surface area contributed by atoms with Gasteiger partial charge in [-0.15, -0.1) is 0 Å². The molecule has 10 heteroatoms. The van der Waals surface area contributed by atoms with Crippen LogP contribution in [-0.4, -0.2) is 38.2 Å². The van der Waals surface area contributed by atoms with E-state index in [1.54, 1.807) is 0 Å². The van der Waals surface area contributed by atoms with Crippen LogP contribution in [0.5, 0.6) is 0 Å². The highest BCUT2D eigenvalue weighted by molar-refractivity contribution is 7.94. The third-order valence-electron chi connectivity index (χ3n) is 2.40. The summed E-state index contributed by atoms with van der Waals surface area (Å²) in [7, 11) is -5.73. The summed E-state index contributed by atoms with van der Waals surface area (Å²) in [5.74, 6) is -0.417. The van der Waals surface area contributed by atoms with E-state index in [0.717, 1.165) is 5.41 Å². The third kappa shape index (κ3) is 2.40. The largest absolute Gasteiger partial charge is 0.381 e. The van der Waals surface area contributed by atoms with Crippen LogP contribution in [0, 0.1) is 0 Å². The van der Waals surface area contributed by atoms with Crippen LogP contribution in [-0.2, 0) is 26.9 Å². The molecule has 1 atom stereocenters. The minimum absolute atomic E-state index is 0.130. The first-order valence-electron chi connectivity index (χ1n) is 4.91. The molecule has 100 valence electrons. The third-order valence-corrected chi connectivity index (χ3v) is 5.42. The Kier molecular flexibility index (Phi) is 2.95. The lowest BCUT2D eigenvalue weighted by Gasteiger charge is -2.11. The molecule has 1 aliphatic rings. The van der Waals surface area contributed by atoms with Gasteiger partial charge in [0.2, 0.25) is 0 Å². The summed E-state index contributed by atoms with van der Waals surface area (Å²) in [6, 6.07) is -0.783. The number of sulfone groups is 1. The van der Waals surface area contributed by atoms with Crippen LogP contribution in [0.4, 0.5) is 5.82 Å². The molecule has 0 spiro atoms. The zero-order valence-electron chi connectivity index (χ0n) is 9.44. The van der Waals surface area contributed by atoms with E-state index >= 15 is 0 Å². The Hall–Kier alpha value is -1.39. The van der Waals surface area contributed by atoms with Crippen molar-refractivity contribution < 1.29 is 16.8 Å². The van der Waals surface area contributed by atoms with Gasteiger partial charge in [-0.1, -0.05) is 6.08 Å². The normalized spacial score (nSPS) is 22.4. The standard InChI is InChI=1S/C8H12N4O4S2/c1-12-5-10-7(9)8(12)18(15,16)11-6-2-3-17(13,14)4-6/h2-3,5-6,11H,4,9H2,1H3. The van der Waals surface area contributed by atoms with Crippen molar-refractivity contribution in [2.45, 2.75) is 11.1 Å². The van der Waals surface area contributed by atoms with Crippen LogP contribution in [0.3, 0.4) is 0 Å². The van der Waals surface area contributed by atoms with E-state index in [9.17, 15) is 16.8 Å². The molecule has 3 N–H and O–H groups in total. The maximum absolute atomic E-state index is 12.0. The van der Waals surface area contributed by atoms with Crippen molar-refractivity contribution in [1.82, 2.24) is 14.3 Å². The molecule has 0 aromatic carbocycles. The Morgan fingerprint density at radius 3 is 2.67 bits per heavy atom. The van der Waals surface area contributed by atoms with Crippen molar-refractivity contribution in [1.29, 1.82) is 0 Å². The molecule has 0 saturated heterocycles. The summed E-state index contributed by atoms with van der Waals surface area (Å²) in [6.07, 6.45) is 2.56. The van der Waals surface area contributed by atoms with Crippen molar-refractivity contribution in [3.63, 3.8) is 0 Å². The number of nitrogens with one attached hydrogen (secondary N) is 1. The summed E-state index contributed by atoms with van der Waals surface area (Å²) < 4.78 is 49.9. The number of anilines is 1. The van der Waals surface area contributed by atoms with Crippen LogP contribution in [0.2, 0.25) is 0 Å². The molecule has 0 aliphatic carbocycles. The second-order valence-corrected chi connectivity index (χ2v) is 7.49. The minimum atomic E-state index is -3.90.